The summed E-state index contributed by atoms with van der Waals surface area (Å²) in [7, 11) is 0. The number of nitrogen functional groups attached to an aromatic ring is 1. The van der Waals surface area contributed by atoms with E-state index in [1.807, 2.05) is 13.8 Å². The van der Waals surface area contributed by atoms with E-state index in [4.69, 9.17) is 5.73 Å². The number of aryl methyl sites for hydroxylation is 2. The Morgan fingerprint density at radius 3 is 2.75 bits per heavy atom. The molecule has 0 radical (unpaired) electrons. The standard InChI is InChI=1S/C12H12BrFN2/c1-3-7-5-9(15)10-11(14)8(13)4-6(2)12(10)16-7/h4-5H,3H2,1-2H3,(H2,15,16). The van der Waals surface area contributed by atoms with Crippen LogP contribution in [0.15, 0.2) is 16.6 Å². The molecule has 84 valence electrons. The first-order chi connectivity index (χ1) is 7.54. The molecule has 0 fully saturated rings. The van der Waals surface area contributed by atoms with E-state index < -0.39 is 0 Å². The topological polar surface area (TPSA) is 38.9 Å². The van der Waals surface area contributed by atoms with E-state index in [2.05, 4.69) is 20.9 Å². The Hall–Kier alpha value is -1.16. The second-order valence-corrected chi connectivity index (χ2v) is 4.62. The molecule has 16 heavy (non-hydrogen) atoms. The molecule has 2 N–H and O–H groups in total. The molecule has 0 aliphatic carbocycles. The van der Waals surface area contributed by atoms with Crippen molar-refractivity contribution in [2.75, 3.05) is 5.73 Å². The number of pyridine rings is 1. The van der Waals surface area contributed by atoms with Crippen LogP contribution in [0.2, 0.25) is 0 Å². The molecule has 1 heterocycles. The summed E-state index contributed by atoms with van der Waals surface area (Å²) in [6, 6.07) is 3.46. The predicted molar refractivity (Wildman–Crippen MR) is 67.9 cm³/mol. The van der Waals surface area contributed by atoms with Crippen molar-refractivity contribution >= 4 is 32.5 Å². The summed E-state index contributed by atoms with van der Waals surface area (Å²) < 4.78 is 14.3. The molecular weight excluding hydrogens is 271 g/mol. The molecule has 0 amide bonds. The molecule has 0 unspecified atom stereocenters. The van der Waals surface area contributed by atoms with Gasteiger partial charge in [0.1, 0.15) is 5.82 Å². The van der Waals surface area contributed by atoms with E-state index >= 15 is 0 Å². The van der Waals surface area contributed by atoms with E-state index in [-0.39, 0.29) is 5.82 Å². The van der Waals surface area contributed by atoms with Crippen LogP contribution in [-0.2, 0) is 6.42 Å². The van der Waals surface area contributed by atoms with Crippen LogP contribution in [-0.4, -0.2) is 4.98 Å². The molecule has 0 aliphatic rings. The number of hydrogen-bond donors (Lipinski definition) is 1. The monoisotopic (exact) mass is 282 g/mol. The Balaban J connectivity index is 2.94. The van der Waals surface area contributed by atoms with E-state index in [1.54, 1.807) is 12.1 Å². The Morgan fingerprint density at radius 2 is 2.12 bits per heavy atom. The number of anilines is 1. The van der Waals surface area contributed by atoms with Crippen molar-refractivity contribution in [3.8, 4) is 0 Å². The third-order valence-electron chi connectivity index (χ3n) is 2.61. The molecule has 0 aliphatic heterocycles. The highest BCUT2D eigenvalue weighted by atomic mass is 79.9. The third-order valence-corrected chi connectivity index (χ3v) is 3.19. The van der Waals surface area contributed by atoms with Crippen LogP contribution in [0.3, 0.4) is 0 Å². The zero-order valence-corrected chi connectivity index (χ0v) is 10.7. The van der Waals surface area contributed by atoms with Crippen LogP contribution in [0.5, 0.6) is 0 Å². The highest BCUT2D eigenvalue weighted by Gasteiger charge is 2.13. The molecule has 0 saturated carbocycles. The lowest BCUT2D eigenvalue weighted by atomic mass is 10.1. The first kappa shape index (κ1) is 11.3. The lowest BCUT2D eigenvalue weighted by Crippen LogP contribution is -1.99. The Bertz CT molecular complexity index is 567. The molecule has 0 saturated heterocycles. The van der Waals surface area contributed by atoms with Gasteiger partial charge in [-0.05, 0) is 47.0 Å². The summed E-state index contributed by atoms with van der Waals surface area (Å²) in [4.78, 5) is 4.42. The highest BCUT2D eigenvalue weighted by Crippen LogP contribution is 2.31. The highest BCUT2D eigenvalue weighted by molar-refractivity contribution is 9.10. The molecule has 1 aromatic heterocycles. The van der Waals surface area contributed by atoms with Crippen molar-refractivity contribution in [1.82, 2.24) is 4.98 Å². The molecule has 2 nitrogen and oxygen atoms in total. The first-order valence-corrected chi connectivity index (χ1v) is 5.87. The Kier molecular flexibility index (Phi) is 2.84. The Morgan fingerprint density at radius 1 is 1.44 bits per heavy atom. The summed E-state index contributed by atoms with van der Waals surface area (Å²) >= 11 is 3.18. The van der Waals surface area contributed by atoms with Crippen LogP contribution < -0.4 is 5.73 Å². The van der Waals surface area contributed by atoms with Gasteiger partial charge in [0.2, 0.25) is 0 Å². The normalized spacial score (nSPS) is 11.0. The zero-order valence-electron chi connectivity index (χ0n) is 9.14. The van der Waals surface area contributed by atoms with Crippen molar-refractivity contribution in [3.63, 3.8) is 0 Å². The molecular formula is C12H12BrFN2. The second-order valence-electron chi connectivity index (χ2n) is 3.77. The maximum absolute atomic E-state index is 13.9. The molecule has 2 rings (SSSR count). The van der Waals surface area contributed by atoms with Gasteiger partial charge in [0.15, 0.2) is 0 Å². The van der Waals surface area contributed by atoms with E-state index in [0.29, 0.717) is 21.1 Å². The summed E-state index contributed by atoms with van der Waals surface area (Å²) in [5.41, 5.74) is 8.77. The number of halogens is 2. The first-order valence-electron chi connectivity index (χ1n) is 5.08. The number of nitrogens with two attached hydrogens (primary N) is 1. The molecule has 0 bridgehead atoms. The van der Waals surface area contributed by atoms with Crippen LogP contribution in [0.4, 0.5) is 10.1 Å². The average molecular weight is 283 g/mol. The maximum Gasteiger partial charge on any atom is 0.148 e. The van der Waals surface area contributed by atoms with E-state index in [0.717, 1.165) is 17.7 Å². The Labute approximate surface area is 102 Å². The summed E-state index contributed by atoms with van der Waals surface area (Å²) in [5.74, 6) is -0.340. The predicted octanol–water partition coefficient (Wildman–Crippen LogP) is 3.59. The minimum absolute atomic E-state index is 0.340. The van der Waals surface area contributed by atoms with Crippen molar-refractivity contribution < 1.29 is 4.39 Å². The minimum Gasteiger partial charge on any atom is -0.398 e. The number of benzene rings is 1. The molecule has 1 aromatic carbocycles. The molecule has 0 spiro atoms. The number of nitrogens with zero attached hydrogens (tertiary/aromatic N) is 1. The van der Waals surface area contributed by atoms with Crippen LogP contribution >= 0.6 is 15.9 Å². The van der Waals surface area contributed by atoms with Crippen molar-refractivity contribution in [3.05, 3.63) is 33.7 Å². The summed E-state index contributed by atoms with van der Waals surface area (Å²) in [6.07, 6.45) is 0.789. The number of rotatable bonds is 1. The van der Waals surface area contributed by atoms with Gasteiger partial charge in [-0.25, -0.2) is 4.39 Å². The van der Waals surface area contributed by atoms with Crippen LogP contribution in [0, 0.1) is 12.7 Å². The fraction of sp³-hybridized carbons (Fsp3) is 0.250. The summed E-state index contributed by atoms with van der Waals surface area (Å²) in [5, 5.41) is 0.407. The van der Waals surface area contributed by atoms with Gasteiger partial charge < -0.3 is 5.73 Å². The molecule has 2 aromatic rings. The van der Waals surface area contributed by atoms with E-state index in [9.17, 15) is 4.39 Å². The van der Waals surface area contributed by atoms with Gasteiger partial charge in [-0.3, -0.25) is 4.98 Å². The lowest BCUT2D eigenvalue weighted by molar-refractivity contribution is 0.633. The minimum atomic E-state index is -0.340. The smallest absolute Gasteiger partial charge is 0.148 e. The average Bonchev–Trinajstić information content (AvgIpc) is 2.25. The molecule has 4 heteroatoms. The van der Waals surface area contributed by atoms with Gasteiger partial charge in [-0.15, -0.1) is 0 Å². The molecule has 0 atom stereocenters. The number of fused-ring (bicyclic) bond motifs is 1. The largest absolute Gasteiger partial charge is 0.398 e. The zero-order chi connectivity index (χ0) is 11.9. The van der Waals surface area contributed by atoms with Crippen molar-refractivity contribution in [2.24, 2.45) is 0 Å². The van der Waals surface area contributed by atoms with Gasteiger partial charge >= 0.3 is 0 Å². The summed E-state index contributed by atoms with van der Waals surface area (Å²) in [6.45, 7) is 3.90. The van der Waals surface area contributed by atoms with Crippen molar-refractivity contribution in [1.29, 1.82) is 0 Å². The second kappa shape index (κ2) is 4.01. The van der Waals surface area contributed by atoms with Gasteiger partial charge in [0.25, 0.3) is 0 Å². The van der Waals surface area contributed by atoms with Gasteiger partial charge in [0, 0.05) is 11.4 Å². The fourth-order valence-corrected chi connectivity index (χ4v) is 2.30. The maximum atomic E-state index is 13.9. The fourth-order valence-electron chi connectivity index (χ4n) is 1.76. The van der Waals surface area contributed by atoms with Crippen LogP contribution in [0.25, 0.3) is 10.9 Å². The van der Waals surface area contributed by atoms with E-state index in [1.165, 1.54) is 0 Å². The SMILES string of the molecule is CCc1cc(N)c2c(F)c(Br)cc(C)c2n1. The number of hydrogen-bond acceptors (Lipinski definition) is 2. The van der Waals surface area contributed by atoms with Crippen molar-refractivity contribution in [2.45, 2.75) is 20.3 Å². The lowest BCUT2D eigenvalue weighted by Gasteiger charge is -2.09. The van der Waals surface area contributed by atoms with Gasteiger partial charge in [-0.1, -0.05) is 6.92 Å². The third kappa shape index (κ3) is 1.67. The quantitative estimate of drug-likeness (QED) is 0.868. The number of aromatic nitrogens is 1. The van der Waals surface area contributed by atoms with Crippen LogP contribution in [0.1, 0.15) is 18.2 Å². The van der Waals surface area contributed by atoms with Gasteiger partial charge in [-0.2, -0.15) is 0 Å². The van der Waals surface area contributed by atoms with Gasteiger partial charge in [0.05, 0.1) is 15.4 Å².